The molecule has 0 bridgehead atoms. The summed E-state index contributed by atoms with van der Waals surface area (Å²) in [5.41, 5.74) is 3.07. The number of para-hydroxylation sites is 1. The molecule has 0 N–H and O–H groups in total. The second-order valence-corrected chi connectivity index (χ2v) is 9.96. The smallest absolute Gasteiger partial charge is 0.338 e. The number of methoxy groups -OCH3 is 2. The standard InChI is InChI=1S/C30H29N3O5S/c1-6-14-32-17-19(21-10-8-9-11-23(21)32)15-25-28(34)33-27(22-16-20(36-4)12-13-24(22)37-5)26(29(35)38-7-2)18(3)31-30(33)39-25/h6,8-13,15-17,27H,1,7,14H2,2-5H3/b25-15+. The van der Waals surface area contributed by atoms with Gasteiger partial charge in [0.2, 0.25) is 0 Å². The zero-order valence-electron chi connectivity index (χ0n) is 22.3. The van der Waals surface area contributed by atoms with E-state index in [0.717, 1.165) is 16.5 Å². The molecule has 1 aliphatic rings. The van der Waals surface area contributed by atoms with E-state index in [4.69, 9.17) is 14.2 Å². The van der Waals surface area contributed by atoms with Crippen molar-refractivity contribution in [2.45, 2.75) is 26.4 Å². The number of aromatic nitrogens is 2. The molecule has 4 aromatic rings. The minimum absolute atomic E-state index is 0.191. The lowest BCUT2D eigenvalue weighted by Crippen LogP contribution is -2.40. The van der Waals surface area contributed by atoms with E-state index in [0.29, 0.717) is 38.6 Å². The Kier molecular flexibility index (Phi) is 7.26. The zero-order valence-corrected chi connectivity index (χ0v) is 23.1. The summed E-state index contributed by atoms with van der Waals surface area (Å²) in [6.07, 6.45) is 5.74. The van der Waals surface area contributed by atoms with Gasteiger partial charge in [-0.3, -0.25) is 9.36 Å². The molecular weight excluding hydrogens is 514 g/mol. The summed E-state index contributed by atoms with van der Waals surface area (Å²) >= 11 is 1.28. The first-order chi connectivity index (χ1) is 18.9. The van der Waals surface area contributed by atoms with Crippen LogP contribution >= 0.6 is 11.3 Å². The first kappa shape index (κ1) is 26.2. The number of benzene rings is 2. The van der Waals surface area contributed by atoms with Crippen molar-refractivity contribution >= 4 is 34.3 Å². The van der Waals surface area contributed by atoms with Crippen molar-refractivity contribution in [1.29, 1.82) is 0 Å². The van der Waals surface area contributed by atoms with Crippen LogP contribution in [0.15, 0.2) is 82.4 Å². The van der Waals surface area contributed by atoms with Gasteiger partial charge in [0, 0.05) is 34.8 Å². The maximum atomic E-state index is 14.1. The van der Waals surface area contributed by atoms with E-state index in [1.165, 1.54) is 11.3 Å². The molecule has 0 radical (unpaired) electrons. The summed E-state index contributed by atoms with van der Waals surface area (Å²) in [5.74, 6) is 0.551. The summed E-state index contributed by atoms with van der Waals surface area (Å²) in [4.78, 5) is 32.5. The van der Waals surface area contributed by atoms with E-state index in [9.17, 15) is 9.59 Å². The predicted molar refractivity (Wildman–Crippen MR) is 152 cm³/mol. The van der Waals surface area contributed by atoms with Crippen LogP contribution in [-0.2, 0) is 16.1 Å². The lowest BCUT2D eigenvalue weighted by Gasteiger charge is -2.26. The number of allylic oxidation sites excluding steroid dienone is 2. The molecule has 3 heterocycles. The number of nitrogens with zero attached hydrogens (tertiary/aromatic N) is 3. The minimum atomic E-state index is -0.811. The van der Waals surface area contributed by atoms with Gasteiger partial charge < -0.3 is 18.8 Å². The number of ether oxygens (including phenoxy) is 3. The zero-order chi connectivity index (χ0) is 27.7. The van der Waals surface area contributed by atoms with Crippen LogP contribution in [0.1, 0.15) is 31.0 Å². The molecule has 39 heavy (non-hydrogen) atoms. The molecule has 5 rings (SSSR count). The Morgan fingerprint density at radius 2 is 1.97 bits per heavy atom. The molecule has 2 aromatic carbocycles. The van der Waals surface area contributed by atoms with Gasteiger partial charge in [-0.05, 0) is 44.2 Å². The molecule has 200 valence electrons. The molecule has 2 aromatic heterocycles. The maximum absolute atomic E-state index is 14.1. The van der Waals surface area contributed by atoms with Crippen LogP contribution < -0.4 is 24.4 Å². The average molecular weight is 544 g/mol. The second-order valence-electron chi connectivity index (χ2n) is 8.95. The second kappa shape index (κ2) is 10.8. The highest BCUT2D eigenvalue weighted by Gasteiger charge is 2.35. The summed E-state index contributed by atoms with van der Waals surface area (Å²) < 4.78 is 20.7. The third-order valence-electron chi connectivity index (χ3n) is 6.68. The quantitative estimate of drug-likeness (QED) is 0.248. The highest BCUT2D eigenvalue weighted by atomic mass is 32.1. The van der Waals surface area contributed by atoms with Crippen molar-refractivity contribution in [2.75, 3.05) is 20.8 Å². The average Bonchev–Trinajstić information content (AvgIpc) is 3.44. The topological polar surface area (TPSA) is 84.0 Å². The Hall–Kier alpha value is -4.37. The normalized spacial score (nSPS) is 15.2. The largest absolute Gasteiger partial charge is 0.497 e. The molecule has 0 saturated carbocycles. The predicted octanol–water partition coefficient (Wildman–Crippen LogP) is 3.96. The number of thiazole rings is 1. The van der Waals surface area contributed by atoms with Gasteiger partial charge >= 0.3 is 5.97 Å². The number of hydrogen-bond donors (Lipinski definition) is 0. The van der Waals surface area contributed by atoms with Gasteiger partial charge in [0.15, 0.2) is 4.80 Å². The third kappa shape index (κ3) is 4.59. The van der Waals surface area contributed by atoms with Crippen molar-refractivity contribution in [3.63, 3.8) is 0 Å². The van der Waals surface area contributed by atoms with E-state index >= 15 is 0 Å². The Balaban J connectivity index is 1.78. The highest BCUT2D eigenvalue weighted by Crippen LogP contribution is 2.37. The molecule has 9 heteroatoms. The molecule has 1 aliphatic heterocycles. The number of carbonyl (C=O) groups is 1. The maximum Gasteiger partial charge on any atom is 0.338 e. The number of esters is 1. The Bertz CT molecular complexity index is 1810. The fourth-order valence-electron chi connectivity index (χ4n) is 4.96. The molecule has 8 nitrogen and oxygen atoms in total. The van der Waals surface area contributed by atoms with Crippen molar-refractivity contribution in [3.05, 3.63) is 103 Å². The lowest BCUT2D eigenvalue weighted by atomic mass is 9.94. The Morgan fingerprint density at radius 1 is 1.18 bits per heavy atom. The van der Waals surface area contributed by atoms with Gasteiger partial charge in [-0.25, -0.2) is 9.79 Å². The van der Waals surface area contributed by atoms with Gasteiger partial charge in [-0.2, -0.15) is 0 Å². The number of hydrogen-bond acceptors (Lipinski definition) is 7. The minimum Gasteiger partial charge on any atom is -0.497 e. The SMILES string of the molecule is C=CCn1cc(/C=c2/sc3n(c2=O)C(c2cc(OC)ccc2OC)C(C(=O)OCC)=C(C)N=3)c2ccccc21. The number of rotatable bonds is 8. The Morgan fingerprint density at radius 3 is 2.69 bits per heavy atom. The summed E-state index contributed by atoms with van der Waals surface area (Å²) in [6.45, 7) is 8.20. The molecule has 0 amide bonds. The van der Waals surface area contributed by atoms with Crippen LogP contribution in [0, 0.1) is 0 Å². The molecule has 0 fully saturated rings. The van der Waals surface area contributed by atoms with E-state index in [1.54, 1.807) is 50.8 Å². The molecule has 0 aliphatic carbocycles. The van der Waals surface area contributed by atoms with E-state index in [1.807, 2.05) is 42.6 Å². The van der Waals surface area contributed by atoms with Gasteiger partial charge in [0.25, 0.3) is 5.56 Å². The molecule has 1 atom stereocenters. The van der Waals surface area contributed by atoms with Crippen molar-refractivity contribution in [2.24, 2.45) is 4.99 Å². The monoisotopic (exact) mass is 543 g/mol. The highest BCUT2D eigenvalue weighted by molar-refractivity contribution is 7.07. The molecule has 0 spiro atoms. The molecular formula is C30H29N3O5S. The summed E-state index contributed by atoms with van der Waals surface area (Å²) in [6, 6.07) is 12.5. The molecule has 0 saturated heterocycles. The van der Waals surface area contributed by atoms with E-state index < -0.39 is 12.0 Å². The van der Waals surface area contributed by atoms with Crippen LogP contribution in [0.25, 0.3) is 17.0 Å². The van der Waals surface area contributed by atoms with Gasteiger partial charge in [-0.15, -0.1) is 6.58 Å². The first-order valence-electron chi connectivity index (χ1n) is 12.5. The van der Waals surface area contributed by atoms with Crippen LogP contribution in [0.2, 0.25) is 0 Å². The van der Waals surface area contributed by atoms with Crippen LogP contribution in [0.5, 0.6) is 11.5 Å². The van der Waals surface area contributed by atoms with Crippen LogP contribution in [0.4, 0.5) is 0 Å². The van der Waals surface area contributed by atoms with Crippen molar-refractivity contribution < 1.29 is 19.0 Å². The van der Waals surface area contributed by atoms with Gasteiger partial charge in [-0.1, -0.05) is 35.6 Å². The van der Waals surface area contributed by atoms with Crippen molar-refractivity contribution in [3.8, 4) is 11.5 Å². The van der Waals surface area contributed by atoms with Crippen LogP contribution in [0.3, 0.4) is 0 Å². The summed E-state index contributed by atoms with van der Waals surface area (Å²) in [5, 5.41) is 1.03. The van der Waals surface area contributed by atoms with E-state index in [-0.39, 0.29) is 17.7 Å². The fraction of sp³-hybridized carbons (Fsp3) is 0.233. The van der Waals surface area contributed by atoms with Gasteiger partial charge in [0.1, 0.15) is 17.5 Å². The summed E-state index contributed by atoms with van der Waals surface area (Å²) in [7, 11) is 3.11. The fourth-order valence-corrected chi connectivity index (χ4v) is 6.00. The van der Waals surface area contributed by atoms with Crippen LogP contribution in [-0.4, -0.2) is 35.9 Å². The molecule has 1 unspecified atom stereocenters. The van der Waals surface area contributed by atoms with Gasteiger partial charge in [0.05, 0.1) is 36.6 Å². The number of carbonyl (C=O) groups excluding carboxylic acids is 1. The third-order valence-corrected chi connectivity index (χ3v) is 7.66. The van der Waals surface area contributed by atoms with Crippen molar-refractivity contribution in [1.82, 2.24) is 9.13 Å². The first-order valence-corrected chi connectivity index (χ1v) is 13.3. The van der Waals surface area contributed by atoms with E-state index in [2.05, 4.69) is 16.1 Å². The Labute approximate surface area is 229 Å². The number of fused-ring (bicyclic) bond motifs is 2. The lowest BCUT2D eigenvalue weighted by molar-refractivity contribution is -0.139.